The van der Waals surface area contributed by atoms with Crippen LogP contribution in [0.4, 0.5) is 13.2 Å². The van der Waals surface area contributed by atoms with E-state index in [2.05, 4.69) is 0 Å². The second-order valence-corrected chi connectivity index (χ2v) is 3.82. The van der Waals surface area contributed by atoms with Gasteiger partial charge in [-0.3, -0.25) is 0 Å². The first-order valence-electron chi connectivity index (χ1n) is 2.71. The van der Waals surface area contributed by atoms with Crippen molar-refractivity contribution in [2.45, 2.75) is 12.4 Å². The lowest BCUT2D eigenvalue weighted by atomic mass is 10.6. The average molecular weight is 188 g/mol. The van der Waals surface area contributed by atoms with Crippen molar-refractivity contribution in [3.63, 3.8) is 0 Å². The molecule has 6 heteroatoms. The minimum Gasteiger partial charge on any atom is -0.219 e. The predicted molar refractivity (Wildman–Crippen MR) is 34.7 cm³/mol. The van der Waals surface area contributed by atoms with Gasteiger partial charge < -0.3 is 0 Å². The summed E-state index contributed by atoms with van der Waals surface area (Å²) >= 11 is 0. The molecule has 0 saturated carbocycles. The molecule has 0 aliphatic rings. The number of halogens is 3. The van der Waals surface area contributed by atoms with Crippen LogP contribution in [0.3, 0.4) is 0 Å². The minimum atomic E-state index is -5.13. The fourth-order valence-electron chi connectivity index (χ4n) is 0.317. The molecule has 0 radical (unpaired) electrons. The van der Waals surface area contributed by atoms with Crippen molar-refractivity contribution in [1.82, 2.24) is 0 Å². The predicted octanol–water partition coefficient (Wildman–Crippen LogP) is 1.50. The summed E-state index contributed by atoms with van der Waals surface area (Å²) in [7, 11) is -4.95. The molecule has 0 unspecified atom stereocenters. The topological polar surface area (TPSA) is 34.1 Å². The van der Waals surface area contributed by atoms with E-state index in [1.165, 1.54) is 13.0 Å². The van der Waals surface area contributed by atoms with Crippen molar-refractivity contribution in [2.75, 3.05) is 5.75 Å². The van der Waals surface area contributed by atoms with E-state index in [-0.39, 0.29) is 0 Å². The van der Waals surface area contributed by atoms with Crippen LogP contribution in [0.25, 0.3) is 0 Å². The molecule has 0 aromatic carbocycles. The Hall–Kier alpha value is -0.520. The molecule has 0 aliphatic carbocycles. The summed E-state index contributed by atoms with van der Waals surface area (Å²) in [5.41, 5.74) is -5.13. The van der Waals surface area contributed by atoms with Crippen molar-refractivity contribution in [3.05, 3.63) is 12.2 Å². The van der Waals surface area contributed by atoms with Gasteiger partial charge >= 0.3 is 5.51 Å². The van der Waals surface area contributed by atoms with Crippen molar-refractivity contribution >= 4 is 9.84 Å². The van der Waals surface area contributed by atoms with Crippen molar-refractivity contribution in [1.29, 1.82) is 0 Å². The lowest BCUT2D eigenvalue weighted by Crippen LogP contribution is -2.25. The van der Waals surface area contributed by atoms with Gasteiger partial charge in [0.25, 0.3) is 9.84 Å². The Morgan fingerprint density at radius 1 is 1.36 bits per heavy atom. The highest BCUT2D eigenvalue weighted by atomic mass is 32.2. The smallest absolute Gasteiger partial charge is 0.219 e. The van der Waals surface area contributed by atoms with Crippen LogP contribution in [0.1, 0.15) is 6.92 Å². The van der Waals surface area contributed by atoms with Gasteiger partial charge in [0.2, 0.25) is 0 Å². The summed E-state index contributed by atoms with van der Waals surface area (Å²) < 4.78 is 55.1. The first kappa shape index (κ1) is 10.5. The van der Waals surface area contributed by atoms with E-state index in [0.29, 0.717) is 0 Å². The third kappa shape index (κ3) is 2.92. The number of hydrogen-bond donors (Lipinski definition) is 0. The SMILES string of the molecule is CC=CCS(=O)(=O)C(F)(F)F. The molecule has 66 valence electrons. The molecule has 0 fully saturated rings. The molecule has 0 heterocycles. The molecule has 0 aromatic heterocycles. The largest absolute Gasteiger partial charge is 0.497 e. The zero-order chi connectivity index (χ0) is 9.12. The molecule has 0 bridgehead atoms. The molecule has 0 rings (SSSR count). The summed E-state index contributed by atoms with van der Waals surface area (Å²) in [6.07, 6.45) is 2.20. The van der Waals surface area contributed by atoms with Gasteiger partial charge in [0.1, 0.15) is 0 Å². The zero-order valence-corrected chi connectivity index (χ0v) is 6.54. The molecular formula is C5H7F3O2S. The number of rotatable bonds is 2. The molecule has 2 nitrogen and oxygen atoms in total. The Kier molecular flexibility index (Phi) is 3.10. The van der Waals surface area contributed by atoms with E-state index in [1.807, 2.05) is 0 Å². The quantitative estimate of drug-likeness (QED) is 0.615. The highest BCUT2D eigenvalue weighted by Crippen LogP contribution is 2.23. The first-order chi connectivity index (χ1) is 4.81. The van der Waals surface area contributed by atoms with Crippen LogP contribution in [0.15, 0.2) is 12.2 Å². The lowest BCUT2D eigenvalue weighted by Gasteiger charge is -2.03. The monoisotopic (exact) mass is 188 g/mol. The van der Waals surface area contributed by atoms with Crippen LogP contribution in [0.2, 0.25) is 0 Å². The van der Waals surface area contributed by atoms with Crippen LogP contribution in [-0.2, 0) is 9.84 Å². The molecule has 0 N–H and O–H groups in total. The van der Waals surface area contributed by atoms with Gasteiger partial charge in [-0.15, -0.1) is 0 Å². The molecule has 0 aromatic rings. The van der Waals surface area contributed by atoms with Gasteiger partial charge in [-0.2, -0.15) is 13.2 Å². The average Bonchev–Trinajstić information content (AvgIpc) is 1.81. The van der Waals surface area contributed by atoms with E-state index < -0.39 is 21.1 Å². The number of sulfone groups is 1. The Bertz CT molecular complexity index is 237. The van der Waals surface area contributed by atoms with E-state index in [0.717, 1.165) is 6.08 Å². The first-order valence-corrected chi connectivity index (χ1v) is 4.36. The molecule has 0 aliphatic heterocycles. The highest BCUT2D eigenvalue weighted by molar-refractivity contribution is 7.92. The lowest BCUT2D eigenvalue weighted by molar-refractivity contribution is -0.0432. The normalized spacial score (nSPS) is 14.2. The van der Waals surface area contributed by atoms with Crippen LogP contribution in [0, 0.1) is 0 Å². The van der Waals surface area contributed by atoms with Gasteiger partial charge in [0, 0.05) is 0 Å². The Morgan fingerprint density at radius 2 is 1.82 bits per heavy atom. The maximum absolute atomic E-state index is 11.5. The zero-order valence-electron chi connectivity index (χ0n) is 5.72. The fraction of sp³-hybridized carbons (Fsp3) is 0.600. The van der Waals surface area contributed by atoms with Crippen molar-refractivity contribution in [2.24, 2.45) is 0 Å². The number of allylic oxidation sites excluding steroid dienone is 1. The Morgan fingerprint density at radius 3 is 2.09 bits per heavy atom. The van der Waals surface area contributed by atoms with Crippen molar-refractivity contribution < 1.29 is 21.6 Å². The van der Waals surface area contributed by atoms with Gasteiger partial charge in [0.15, 0.2) is 0 Å². The molecule has 0 atom stereocenters. The Balaban J connectivity index is 4.50. The molecule has 0 saturated heterocycles. The second kappa shape index (κ2) is 3.25. The second-order valence-electron chi connectivity index (χ2n) is 1.80. The summed E-state index contributed by atoms with van der Waals surface area (Å²) in [6, 6.07) is 0. The minimum absolute atomic E-state index is 0.947. The summed E-state index contributed by atoms with van der Waals surface area (Å²) in [6.45, 7) is 1.45. The summed E-state index contributed by atoms with van der Waals surface area (Å²) in [5, 5.41) is 0. The van der Waals surface area contributed by atoms with E-state index in [1.54, 1.807) is 0 Å². The van der Waals surface area contributed by atoms with Crippen LogP contribution < -0.4 is 0 Å². The maximum atomic E-state index is 11.5. The standard InChI is InChI=1S/C5H7F3O2S/c1-2-3-4-11(9,10)5(6,7)8/h2-3H,4H2,1H3. The molecule has 0 amide bonds. The van der Waals surface area contributed by atoms with Gasteiger partial charge in [-0.1, -0.05) is 12.2 Å². The third-order valence-electron chi connectivity index (χ3n) is 0.904. The molecular weight excluding hydrogens is 181 g/mol. The third-order valence-corrected chi connectivity index (χ3v) is 2.24. The Labute approximate surface area is 62.6 Å². The van der Waals surface area contributed by atoms with Crippen LogP contribution in [0.5, 0.6) is 0 Å². The summed E-state index contributed by atoms with van der Waals surface area (Å²) in [4.78, 5) is 0. The number of alkyl halides is 3. The van der Waals surface area contributed by atoms with Crippen LogP contribution >= 0.6 is 0 Å². The summed E-state index contributed by atoms with van der Waals surface area (Å²) in [5.74, 6) is -0.979. The highest BCUT2D eigenvalue weighted by Gasteiger charge is 2.44. The van der Waals surface area contributed by atoms with E-state index in [9.17, 15) is 21.6 Å². The number of hydrogen-bond acceptors (Lipinski definition) is 2. The molecule has 0 spiro atoms. The maximum Gasteiger partial charge on any atom is 0.497 e. The fourth-order valence-corrected chi connectivity index (χ4v) is 0.952. The van der Waals surface area contributed by atoms with Gasteiger partial charge in [-0.05, 0) is 6.92 Å². The van der Waals surface area contributed by atoms with Crippen LogP contribution in [-0.4, -0.2) is 19.7 Å². The van der Waals surface area contributed by atoms with E-state index >= 15 is 0 Å². The van der Waals surface area contributed by atoms with Gasteiger partial charge in [-0.25, -0.2) is 8.42 Å². The molecule has 11 heavy (non-hydrogen) atoms. The van der Waals surface area contributed by atoms with Crippen molar-refractivity contribution in [3.8, 4) is 0 Å². The van der Waals surface area contributed by atoms with E-state index in [4.69, 9.17) is 0 Å². The van der Waals surface area contributed by atoms with Gasteiger partial charge in [0.05, 0.1) is 5.75 Å².